The van der Waals surface area contributed by atoms with E-state index in [4.69, 9.17) is 0 Å². The van der Waals surface area contributed by atoms with Gasteiger partial charge in [0.1, 0.15) is 13.1 Å². The van der Waals surface area contributed by atoms with E-state index in [0.717, 1.165) is 12.8 Å². The van der Waals surface area contributed by atoms with Crippen LogP contribution in [0.4, 0.5) is 4.79 Å². The molecule has 0 bridgehead atoms. The molecule has 1 fully saturated rings. The van der Waals surface area contributed by atoms with E-state index in [-0.39, 0.29) is 30.9 Å². The van der Waals surface area contributed by atoms with Crippen LogP contribution in [0.25, 0.3) is 0 Å². The minimum absolute atomic E-state index is 0.0326. The van der Waals surface area contributed by atoms with E-state index < -0.39 is 6.03 Å². The van der Waals surface area contributed by atoms with Crippen LogP contribution >= 0.6 is 0 Å². The first kappa shape index (κ1) is 12.5. The summed E-state index contributed by atoms with van der Waals surface area (Å²) in [5, 5.41) is 4.93. The molecule has 1 saturated heterocycles. The zero-order valence-electron chi connectivity index (χ0n) is 9.58. The molecule has 1 aliphatic heterocycles. The third-order valence-electron chi connectivity index (χ3n) is 2.55. The monoisotopic (exact) mass is 227 g/mol. The average molecular weight is 227 g/mol. The molecular weight excluding hydrogens is 210 g/mol. The Bertz CT molecular complexity index is 300. The number of rotatable bonds is 5. The van der Waals surface area contributed by atoms with Gasteiger partial charge in [0.25, 0.3) is 0 Å². The third kappa shape index (κ3) is 3.22. The van der Waals surface area contributed by atoms with E-state index in [1.807, 2.05) is 13.8 Å². The lowest BCUT2D eigenvalue weighted by Crippen LogP contribution is -2.42. The lowest BCUT2D eigenvalue weighted by molar-refractivity contribution is -0.122. The van der Waals surface area contributed by atoms with Gasteiger partial charge in [-0.05, 0) is 12.8 Å². The van der Waals surface area contributed by atoms with Crippen molar-refractivity contribution in [3.05, 3.63) is 0 Å². The standard InChI is InChI=1S/C10H17N3O3/c1-3-7(4-2)11-8(14)5-13-6-9(15)12-10(13)16/h7H,3-6H2,1-2H3,(H,11,14)(H,12,15,16). The van der Waals surface area contributed by atoms with E-state index >= 15 is 0 Å². The molecule has 6 nitrogen and oxygen atoms in total. The Morgan fingerprint density at radius 1 is 1.44 bits per heavy atom. The maximum atomic E-state index is 11.5. The van der Waals surface area contributed by atoms with Gasteiger partial charge in [0, 0.05) is 6.04 Å². The highest BCUT2D eigenvalue weighted by atomic mass is 16.2. The predicted molar refractivity (Wildman–Crippen MR) is 57.6 cm³/mol. The van der Waals surface area contributed by atoms with Crippen LogP contribution in [0.3, 0.4) is 0 Å². The summed E-state index contributed by atoms with van der Waals surface area (Å²) in [4.78, 5) is 34.8. The fourth-order valence-electron chi connectivity index (χ4n) is 1.55. The number of hydrogen-bond donors (Lipinski definition) is 2. The largest absolute Gasteiger partial charge is 0.352 e. The molecule has 0 aliphatic carbocycles. The second kappa shape index (κ2) is 5.48. The van der Waals surface area contributed by atoms with E-state index in [0.29, 0.717) is 0 Å². The number of nitrogens with zero attached hydrogens (tertiary/aromatic N) is 1. The van der Waals surface area contributed by atoms with E-state index in [2.05, 4.69) is 10.6 Å². The van der Waals surface area contributed by atoms with Gasteiger partial charge in [-0.25, -0.2) is 4.79 Å². The zero-order chi connectivity index (χ0) is 12.1. The summed E-state index contributed by atoms with van der Waals surface area (Å²) in [6.07, 6.45) is 1.71. The maximum Gasteiger partial charge on any atom is 0.325 e. The second-order valence-electron chi connectivity index (χ2n) is 3.79. The van der Waals surface area contributed by atoms with Crippen molar-refractivity contribution in [3.8, 4) is 0 Å². The molecule has 16 heavy (non-hydrogen) atoms. The van der Waals surface area contributed by atoms with Gasteiger partial charge in [0.2, 0.25) is 11.8 Å². The van der Waals surface area contributed by atoms with Gasteiger partial charge in [0.15, 0.2) is 0 Å². The maximum absolute atomic E-state index is 11.5. The zero-order valence-corrected chi connectivity index (χ0v) is 9.58. The molecule has 1 rings (SSSR count). The molecule has 1 heterocycles. The predicted octanol–water partition coefficient (Wildman–Crippen LogP) is -0.157. The number of hydrogen-bond acceptors (Lipinski definition) is 3. The van der Waals surface area contributed by atoms with Gasteiger partial charge in [-0.3, -0.25) is 14.9 Å². The smallest absolute Gasteiger partial charge is 0.325 e. The van der Waals surface area contributed by atoms with Gasteiger partial charge in [-0.2, -0.15) is 0 Å². The molecular formula is C10H17N3O3. The molecule has 0 radical (unpaired) electrons. The summed E-state index contributed by atoms with van der Waals surface area (Å²) in [5.74, 6) is -0.584. The Labute approximate surface area is 94.4 Å². The highest BCUT2D eigenvalue weighted by Crippen LogP contribution is 1.99. The fraction of sp³-hybridized carbons (Fsp3) is 0.700. The Hall–Kier alpha value is -1.59. The minimum Gasteiger partial charge on any atom is -0.352 e. The molecule has 0 unspecified atom stereocenters. The van der Waals surface area contributed by atoms with Gasteiger partial charge in [0.05, 0.1) is 0 Å². The lowest BCUT2D eigenvalue weighted by Gasteiger charge is -2.17. The topological polar surface area (TPSA) is 78.5 Å². The van der Waals surface area contributed by atoms with Gasteiger partial charge in [-0.15, -0.1) is 0 Å². The van der Waals surface area contributed by atoms with Crippen LogP contribution in [-0.4, -0.2) is 41.9 Å². The average Bonchev–Trinajstić information content (AvgIpc) is 2.54. The Morgan fingerprint density at radius 2 is 2.06 bits per heavy atom. The molecule has 0 aromatic carbocycles. The molecule has 0 aromatic heterocycles. The molecule has 0 spiro atoms. The molecule has 1 aliphatic rings. The molecule has 2 N–H and O–H groups in total. The van der Waals surface area contributed by atoms with Crippen LogP contribution in [0.1, 0.15) is 26.7 Å². The Morgan fingerprint density at radius 3 is 2.50 bits per heavy atom. The highest BCUT2D eigenvalue weighted by Gasteiger charge is 2.28. The number of amides is 4. The highest BCUT2D eigenvalue weighted by molar-refractivity contribution is 6.03. The SMILES string of the molecule is CCC(CC)NC(=O)CN1CC(=O)NC1=O. The summed E-state index contributed by atoms with van der Waals surface area (Å²) in [6.45, 7) is 3.88. The molecule has 90 valence electrons. The minimum atomic E-state index is -0.496. The normalized spacial score (nSPS) is 15.6. The quantitative estimate of drug-likeness (QED) is 0.641. The molecule has 6 heteroatoms. The van der Waals surface area contributed by atoms with Crippen LogP contribution in [-0.2, 0) is 9.59 Å². The van der Waals surface area contributed by atoms with Crippen molar-refractivity contribution in [1.82, 2.24) is 15.5 Å². The third-order valence-corrected chi connectivity index (χ3v) is 2.55. The summed E-state index contributed by atoms with van der Waals surface area (Å²) in [7, 11) is 0. The van der Waals surface area contributed by atoms with Crippen LogP contribution < -0.4 is 10.6 Å². The number of carbonyl (C=O) groups is 3. The van der Waals surface area contributed by atoms with Crippen LogP contribution in [0.5, 0.6) is 0 Å². The van der Waals surface area contributed by atoms with E-state index in [9.17, 15) is 14.4 Å². The summed E-state index contributed by atoms with van der Waals surface area (Å²) >= 11 is 0. The van der Waals surface area contributed by atoms with Crippen molar-refractivity contribution < 1.29 is 14.4 Å². The number of carbonyl (C=O) groups excluding carboxylic acids is 3. The first-order chi connectivity index (χ1) is 7.56. The first-order valence-electron chi connectivity index (χ1n) is 5.44. The first-order valence-corrected chi connectivity index (χ1v) is 5.44. The molecule has 0 atom stereocenters. The lowest BCUT2D eigenvalue weighted by atomic mass is 10.2. The van der Waals surface area contributed by atoms with Crippen molar-refractivity contribution in [3.63, 3.8) is 0 Å². The second-order valence-corrected chi connectivity index (χ2v) is 3.79. The van der Waals surface area contributed by atoms with Crippen molar-refractivity contribution >= 4 is 17.8 Å². The summed E-state index contributed by atoms with van der Waals surface area (Å²) < 4.78 is 0. The van der Waals surface area contributed by atoms with Crippen molar-refractivity contribution in [2.24, 2.45) is 0 Å². The van der Waals surface area contributed by atoms with Crippen molar-refractivity contribution in [1.29, 1.82) is 0 Å². The Balaban J connectivity index is 2.39. The summed E-state index contributed by atoms with van der Waals surface area (Å²) in [5.41, 5.74) is 0. The Kier molecular flexibility index (Phi) is 4.28. The van der Waals surface area contributed by atoms with Crippen LogP contribution in [0.15, 0.2) is 0 Å². The van der Waals surface area contributed by atoms with E-state index in [1.54, 1.807) is 0 Å². The van der Waals surface area contributed by atoms with Crippen LogP contribution in [0, 0.1) is 0 Å². The van der Waals surface area contributed by atoms with Crippen molar-refractivity contribution in [2.75, 3.05) is 13.1 Å². The van der Waals surface area contributed by atoms with Crippen molar-refractivity contribution in [2.45, 2.75) is 32.7 Å². The van der Waals surface area contributed by atoms with Gasteiger partial charge >= 0.3 is 6.03 Å². The number of urea groups is 1. The molecule has 4 amide bonds. The van der Waals surface area contributed by atoms with Gasteiger partial charge in [-0.1, -0.05) is 13.8 Å². The number of imide groups is 1. The molecule has 0 saturated carbocycles. The fourth-order valence-corrected chi connectivity index (χ4v) is 1.55. The van der Waals surface area contributed by atoms with Gasteiger partial charge < -0.3 is 10.2 Å². The van der Waals surface area contributed by atoms with Crippen LogP contribution in [0.2, 0.25) is 0 Å². The number of nitrogens with one attached hydrogen (secondary N) is 2. The molecule has 0 aromatic rings. The summed E-state index contributed by atoms with van der Waals surface area (Å²) in [6, 6.07) is -0.362. The van der Waals surface area contributed by atoms with E-state index in [1.165, 1.54) is 4.90 Å².